The van der Waals surface area contributed by atoms with Gasteiger partial charge in [0.1, 0.15) is 19.0 Å². The molecule has 0 amide bonds. The van der Waals surface area contributed by atoms with Crippen LogP contribution in [-0.4, -0.2) is 43.6 Å². The van der Waals surface area contributed by atoms with Crippen molar-refractivity contribution >= 4 is 5.97 Å². The molecule has 1 aliphatic heterocycles. The molecule has 1 atom stereocenters. The molecule has 200 valence electrons. The standard InChI is InChI=1S/C32H42O5/c1-23(2)32(34)37-21-20-36-31-22-29(17-16-27(31)6-5-18-33)26-10-8-24(9-11-26)25-12-14-28(15-13-25)30-7-3-4-19-35-30/h8-11,16-17,22,25,28,30,33H,1,3-7,12-15,18-21H2,2H3. The minimum absolute atomic E-state index is 0.133. The lowest BCUT2D eigenvalue weighted by molar-refractivity contribution is -0.139. The number of ether oxygens (including phenoxy) is 3. The fraction of sp³-hybridized carbons (Fsp3) is 0.531. The van der Waals surface area contributed by atoms with E-state index >= 15 is 0 Å². The molecule has 0 spiro atoms. The van der Waals surface area contributed by atoms with Crippen molar-refractivity contribution in [3.8, 4) is 16.9 Å². The predicted octanol–water partition coefficient (Wildman–Crippen LogP) is 6.62. The first-order valence-electron chi connectivity index (χ1n) is 14.0. The van der Waals surface area contributed by atoms with E-state index in [0.717, 1.165) is 41.4 Å². The number of hydrogen-bond acceptors (Lipinski definition) is 5. The van der Waals surface area contributed by atoms with Crippen molar-refractivity contribution in [1.29, 1.82) is 0 Å². The van der Waals surface area contributed by atoms with Gasteiger partial charge >= 0.3 is 5.97 Å². The Labute approximate surface area is 221 Å². The summed E-state index contributed by atoms with van der Waals surface area (Å²) in [6.07, 6.45) is 10.7. The fourth-order valence-electron chi connectivity index (χ4n) is 5.66. The zero-order valence-electron chi connectivity index (χ0n) is 22.3. The van der Waals surface area contributed by atoms with E-state index in [0.29, 0.717) is 24.0 Å². The zero-order chi connectivity index (χ0) is 26.0. The summed E-state index contributed by atoms with van der Waals surface area (Å²) in [4.78, 5) is 11.6. The molecule has 2 aromatic carbocycles. The van der Waals surface area contributed by atoms with Crippen LogP contribution in [0, 0.1) is 5.92 Å². The summed E-state index contributed by atoms with van der Waals surface area (Å²) < 4.78 is 17.2. The number of aryl methyl sites for hydroxylation is 1. The molecular weight excluding hydrogens is 464 g/mol. The van der Waals surface area contributed by atoms with Gasteiger partial charge in [-0.05, 0) is 105 Å². The molecule has 1 aliphatic carbocycles. The molecule has 1 saturated carbocycles. The molecule has 0 bridgehead atoms. The van der Waals surface area contributed by atoms with Crippen molar-refractivity contribution < 1.29 is 24.1 Å². The van der Waals surface area contributed by atoms with Gasteiger partial charge in [0.2, 0.25) is 0 Å². The summed E-state index contributed by atoms with van der Waals surface area (Å²) in [6, 6.07) is 15.2. The minimum Gasteiger partial charge on any atom is -0.490 e. The van der Waals surface area contributed by atoms with Gasteiger partial charge < -0.3 is 19.3 Å². The number of benzene rings is 2. The molecular formula is C32H42O5. The quantitative estimate of drug-likeness (QED) is 0.211. The highest BCUT2D eigenvalue weighted by atomic mass is 16.6. The second kappa shape index (κ2) is 13.8. The second-order valence-electron chi connectivity index (χ2n) is 10.6. The van der Waals surface area contributed by atoms with E-state index < -0.39 is 5.97 Å². The van der Waals surface area contributed by atoms with E-state index in [4.69, 9.17) is 14.2 Å². The number of carbonyl (C=O) groups is 1. The Hall–Kier alpha value is -2.63. The van der Waals surface area contributed by atoms with Gasteiger partial charge in [-0.25, -0.2) is 4.79 Å². The maximum atomic E-state index is 11.6. The van der Waals surface area contributed by atoms with E-state index in [1.807, 2.05) is 0 Å². The molecule has 2 aromatic rings. The summed E-state index contributed by atoms with van der Waals surface area (Å²) in [5, 5.41) is 9.28. The van der Waals surface area contributed by atoms with E-state index in [1.54, 1.807) is 6.92 Å². The normalized spacial score (nSPS) is 21.8. The third-order valence-corrected chi connectivity index (χ3v) is 7.82. The lowest BCUT2D eigenvalue weighted by atomic mass is 9.75. The van der Waals surface area contributed by atoms with Crippen molar-refractivity contribution in [3.63, 3.8) is 0 Å². The van der Waals surface area contributed by atoms with E-state index in [2.05, 4.69) is 49.0 Å². The van der Waals surface area contributed by atoms with E-state index in [1.165, 1.54) is 50.5 Å². The maximum absolute atomic E-state index is 11.6. The summed E-state index contributed by atoms with van der Waals surface area (Å²) in [5.41, 5.74) is 5.09. The molecule has 5 heteroatoms. The Morgan fingerprint density at radius 3 is 2.43 bits per heavy atom. The van der Waals surface area contributed by atoms with Gasteiger partial charge in [0.15, 0.2) is 0 Å². The zero-order valence-corrected chi connectivity index (χ0v) is 22.3. The van der Waals surface area contributed by atoms with Crippen LogP contribution in [0.1, 0.15) is 75.3 Å². The van der Waals surface area contributed by atoms with Crippen molar-refractivity contribution in [2.24, 2.45) is 5.92 Å². The number of rotatable bonds is 11. The number of aliphatic hydroxyl groups is 1. The highest BCUT2D eigenvalue weighted by Crippen LogP contribution is 2.40. The topological polar surface area (TPSA) is 65.0 Å². The lowest BCUT2D eigenvalue weighted by Crippen LogP contribution is -2.30. The Bertz CT molecular complexity index is 1010. The number of esters is 1. The van der Waals surface area contributed by atoms with Gasteiger partial charge in [-0.15, -0.1) is 0 Å². The summed E-state index contributed by atoms with van der Waals surface area (Å²) in [5.74, 6) is 1.73. The lowest BCUT2D eigenvalue weighted by Gasteiger charge is -2.36. The van der Waals surface area contributed by atoms with Gasteiger partial charge in [-0.1, -0.05) is 43.0 Å². The van der Waals surface area contributed by atoms with Crippen molar-refractivity contribution in [3.05, 3.63) is 65.7 Å². The van der Waals surface area contributed by atoms with Crippen LogP contribution in [0.25, 0.3) is 11.1 Å². The molecule has 1 N–H and O–H groups in total. The van der Waals surface area contributed by atoms with Crippen molar-refractivity contribution in [2.75, 3.05) is 26.4 Å². The van der Waals surface area contributed by atoms with Gasteiger partial charge in [0, 0.05) is 18.8 Å². The molecule has 4 rings (SSSR count). The minimum atomic E-state index is -0.409. The van der Waals surface area contributed by atoms with Crippen molar-refractivity contribution in [2.45, 2.75) is 76.7 Å². The monoisotopic (exact) mass is 506 g/mol. The SMILES string of the molecule is C=C(C)C(=O)OCCOc1cc(-c2ccc(C3CCC(C4CCCCO4)CC3)cc2)ccc1CCCO. The second-order valence-corrected chi connectivity index (χ2v) is 10.6. The third-order valence-electron chi connectivity index (χ3n) is 7.82. The average molecular weight is 507 g/mol. The molecule has 1 heterocycles. The Morgan fingerprint density at radius 2 is 1.76 bits per heavy atom. The number of carbonyl (C=O) groups excluding carboxylic acids is 1. The van der Waals surface area contributed by atoms with Gasteiger partial charge in [-0.3, -0.25) is 0 Å². The van der Waals surface area contributed by atoms with Crippen LogP contribution >= 0.6 is 0 Å². The van der Waals surface area contributed by atoms with E-state index in [9.17, 15) is 9.90 Å². The maximum Gasteiger partial charge on any atom is 0.333 e. The van der Waals surface area contributed by atoms with Gasteiger partial charge in [0.25, 0.3) is 0 Å². The third kappa shape index (κ3) is 7.68. The number of aliphatic hydroxyl groups excluding tert-OH is 1. The summed E-state index contributed by atoms with van der Waals surface area (Å²) >= 11 is 0. The molecule has 1 saturated heterocycles. The van der Waals surface area contributed by atoms with Crippen LogP contribution in [0.15, 0.2) is 54.6 Å². The smallest absolute Gasteiger partial charge is 0.333 e. The largest absolute Gasteiger partial charge is 0.490 e. The first-order valence-corrected chi connectivity index (χ1v) is 14.0. The summed E-state index contributed by atoms with van der Waals surface area (Å²) in [7, 11) is 0. The predicted molar refractivity (Wildman–Crippen MR) is 147 cm³/mol. The molecule has 2 aliphatic rings. The highest BCUT2D eigenvalue weighted by molar-refractivity contribution is 5.86. The highest BCUT2D eigenvalue weighted by Gasteiger charge is 2.29. The van der Waals surface area contributed by atoms with Crippen LogP contribution in [0.5, 0.6) is 5.75 Å². The molecule has 2 fully saturated rings. The summed E-state index contributed by atoms with van der Waals surface area (Å²) in [6.45, 7) is 6.74. The molecule has 0 radical (unpaired) electrons. The Balaban J connectivity index is 1.37. The van der Waals surface area contributed by atoms with Crippen LogP contribution in [-0.2, 0) is 20.7 Å². The Kier molecular flexibility index (Phi) is 10.2. The Morgan fingerprint density at radius 1 is 1.00 bits per heavy atom. The average Bonchev–Trinajstić information content (AvgIpc) is 2.95. The van der Waals surface area contributed by atoms with Crippen LogP contribution in [0.4, 0.5) is 0 Å². The fourth-order valence-corrected chi connectivity index (χ4v) is 5.66. The molecule has 37 heavy (non-hydrogen) atoms. The van der Waals surface area contributed by atoms with Crippen molar-refractivity contribution in [1.82, 2.24) is 0 Å². The van der Waals surface area contributed by atoms with Crippen LogP contribution in [0.2, 0.25) is 0 Å². The van der Waals surface area contributed by atoms with E-state index in [-0.39, 0.29) is 19.8 Å². The molecule has 5 nitrogen and oxygen atoms in total. The number of hydrogen-bond donors (Lipinski definition) is 1. The van der Waals surface area contributed by atoms with Gasteiger partial charge in [0.05, 0.1) is 6.10 Å². The first-order chi connectivity index (χ1) is 18.0. The molecule has 1 unspecified atom stereocenters. The first kappa shape index (κ1) is 27.4. The van der Waals surface area contributed by atoms with Crippen LogP contribution in [0.3, 0.4) is 0 Å². The van der Waals surface area contributed by atoms with Crippen LogP contribution < -0.4 is 4.74 Å². The van der Waals surface area contributed by atoms with Gasteiger partial charge in [-0.2, -0.15) is 0 Å². The molecule has 0 aromatic heterocycles.